The Morgan fingerprint density at radius 2 is 1.71 bits per heavy atom. The number of pyridine rings is 1. The number of anilines is 1. The molecule has 112 valence electrons. The van der Waals surface area contributed by atoms with Crippen LogP contribution in [0.3, 0.4) is 0 Å². The third-order valence-electron chi connectivity index (χ3n) is 3.03. The van der Waals surface area contributed by atoms with Crippen LogP contribution < -0.4 is 5.32 Å². The Balaban J connectivity index is 2.10. The second-order valence-electron chi connectivity index (χ2n) is 4.59. The number of nitrogens with zero attached hydrogens (tertiary/aromatic N) is 1. The Morgan fingerprint density at radius 1 is 1.10 bits per heavy atom. The molecule has 0 aliphatic heterocycles. The van der Waals surface area contributed by atoms with Gasteiger partial charge in [-0.3, -0.25) is 0 Å². The quantitative estimate of drug-likeness (QED) is 0.809. The minimum Gasteiger partial charge on any atom is -0.366 e. The van der Waals surface area contributed by atoms with Crippen LogP contribution in [0.1, 0.15) is 23.6 Å². The second-order valence-corrected chi connectivity index (χ2v) is 4.97. The third-order valence-corrected chi connectivity index (χ3v) is 3.22. The topological polar surface area (TPSA) is 24.9 Å². The Labute approximate surface area is 126 Å². The van der Waals surface area contributed by atoms with E-state index in [1.165, 1.54) is 5.56 Å². The first-order chi connectivity index (χ1) is 9.88. The Hall–Kier alpha value is -1.75. The Bertz CT molecular complexity index is 609. The van der Waals surface area contributed by atoms with Crippen molar-refractivity contribution in [2.75, 3.05) is 5.32 Å². The molecule has 0 atom stereocenters. The summed E-state index contributed by atoms with van der Waals surface area (Å²) in [6.45, 7) is 2.44. The highest BCUT2D eigenvalue weighted by molar-refractivity contribution is 6.29. The van der Waals surface area contributed by atoms with Crippen LogP contribution >= 0.6 is 11.6 Å². The Kier molecular flexibility index (Phi) is 4.73. The monoisotopic (exact) mass is 314 g/mol. The van der Waals surface area contributed by atoms with Crippen molar-refractivity contribution in [3.63, 3.8) is 0 Å². The van der Waals surface area contributed by atoms with Gasteiger partial charge >= 0.3 is 6.18 Å². The first-order valence-electron chi connectivity index (χ1n) is 6.45. The van der Waals surface area contributed by atoms with Gasteiger partial charge in [-0.1, -0.05) is 42.8 Å². The fourth-order valence-corrected chi connectivity index (χ4v) is 2.05. The fourth-order valence-electron chi connectivity index (χ4n) is 1.84. The van der Waals surface area contributed by atoms with Gasteiger partial charge in [-0.2, -0.15) is 13.2 Å². The zero-order chi connectivity index (χ0) is 15.5. The van der Waals surface area contributed by atoms with Crippen LogP contribution in [0, 0.1) is 0 Å². The molecule has 0 bridgehead atoms. The summed E-state index contributed by atoms with van der Waals surface area (Å²) in [6.07, 6.45) is -3.50. The van der Waals surface area contributed by atoms with Gasteiger partial charge in [0.05, 0.1) is 5.56 Å². The SMILES string of the molecule is CCc1ccc(CNc2cc(C(F)(F)F)cc(Cl)n2)cc1. The van der Waals surface area contributed by atoms with Crippen molar-refractivity contribution in [1.29, 1.82) is 0 Å². The van der Waals surface area contributed by atoms with E-state index in [2.05, 4.69) is 17.2 Å². The summed E-state index contributed by atoms with van der Waals surface area (Å²) in [5.74, 6) is 0.106. The molecule has 21 heavy (non-hydrogen) atoms. The lowest BCUT2D eigenvalue weighted by Gasteiger charge is -2.11. The number of rotatable bonds is 4. The summed E-state index contributed by atoms with van der Waals surface area (Å²) in [5.41, 5.74) is 1.35. The fraction of sp³-hybridized carbons (Fsp3) is 0.267. The van der Waals surface area contributed by atoms with Crippen LogP contribution in [0.15, 0.2) is 36.4 Å². The second kappa shape index (κ2) is 6.35. The van der Waals surface area contributed by atoms with E-state index in [0.717, 1.165) is 24.1 Å². The molecule has 0 amide bonds. The summed E-state index contributed by atoms with van der Waals surface area (Å²) in [4.78, 5) is 3.85. The maximum absolute atomic E-state index is 12.7. The minimum atomic E-state index is -4.44. The number of alkyl halides is 3. The molecule has 0 saturated carbocycles. The average Bonchev–Trinajstić information content (AvgIpc) is 2.44. The predicted molar refractivity (Wildman–Crippen MR) is 77.4 cm³/mol. The van der Waals surface area contributed by atoms with E-state index >= 15 is 0 Å². The molecule has 1 aromatic carbocycles. The number of benzene rings is 1. The van der Waals surface area contributed by atoms with Crippen LogP contribution in [0.25, 0.3) is 0 Å². The largest absolute Gasteiger partial charge is 0.416 e. The highest BCUT2D eigenvalue weighted by Crippen LogP contribution is 2.32. The zero-order valence-corrected chi connectivity index (χ0v) is 12.1. The van der Waals surface area contributed by atoms with Crippen LogP contribution in [-0.2, 0) is 19.1 Å². The van der Waals surface area contributed by atoms with Gasteiger partial charge in [-0.05, 0) is 29.7 Å². The van der Waals surface area contributed by atoms with E-state index in [0.29, 0.717) is 6.54 Å². The van der Waals surface area contributed by atoms with Gasteiger partial charge in [0, 0.05) is 6.54 Å². The molecule has 0 aliphatic rings. The van der Waals surface area contributed by atoms with Crippen molar-refractivity contribution >= 4 is 17.4 Å². The van der Waals surface area contributed by atoms with Crippen LogP contribution in [0.5, 0.6) is 0 Å². The van der Waals surface area contributed by atoms with Crippen molar-refractivity contribution < 1.29 is 13.2 Å². The minimum absolute atomic E-state index is 0.106. The molecule has 1 heterocycles. The van der Waals surface area contributed by atoms with Gasteiger partial charge in [0.2, 0.25) is 0 Å². The summed E-state index contributed by atoms with van der Waals surface area (Å²) >= 11 is 5.63. The van der Waals surface area contributed by atoms with Gasteiger partial charge < -0.3 is 5.32 Å². The maximum atomic E-state index is 12.7. The first-order valence-corrected chi connectivity index (χ1v) is 6.82. The van der Waals surface area contributed by atoms with E-state index in [1.54, 1.807) is 0 Å². The first kappa shape index (κ1) is 15.6. The smallest absolute Gasteiger partial charge is 0.366 e. The number of halogens is 4. The molecule has 2 aromatic rings. The molecule has 0 fully saturated rings. The van der Waals surface area contributed by atoms with Crippen LogP contribution in [-0.4, -0.2) is 4.98 Å². The van der Waals surface area contributed by atoms with Gasteiger partial charge in [-0.15, -0.1) is 0 Å². The average molecular weight is 315 g/mol. The van der Waals surface area contributed by atoms with Crippen LogP contribution in [0.2, 0.25) is 5.15 Å². The standard InChI is InChI=1S/C15H14ClF3N2/c1-2-10-3-5-11(6-4-10)9-20-14-8-12(15(17,18)19)7-13(16)21-14/h3-8H,2,9H2,1H3,(H,20,21). The molecular formula is C15H14ClF3N2. The molecular weight excluding hydrogens is 301 g/mol. The lowest BCUT2D eigenvalue weighted by Crippen LogP contribution is -2.08. The molecule has 0 unspecified atom stereocenters. The molecule has 2 nitrogen and oxygen atoms in total. The maximum Gasteiger partial charge on any atom is 0.416 e. The van der Waals surface area contributed by atoms with Crippen molar-refractivity contribution in [1.82, 2.24) is 4.98 Å². The lowest BCUT2D eigenvalue weighted by molar-refractivity contribution is -0.137. The zero-order valence-electron chi connectivity index (χ0n) is 11.3. The van der Waals surface area contributed by atoms with Crippen molar-refractivity contribution in [2.45, 2.75) is 26.1 Å². The van der Waals surface area contributed by atoms with Crippen LogP contribution in [0.4, 0.5) is 19.0 Å². The third kappa shape index (κ3) is 4.36. The Morgan fingerprint density at radius 3 is 2.29 bits per heavy atom. The van der Waals surface area contributed by atoms with Crippen molar-refractivity contribution in [3.8, 4) is 0 Å². The van der Waals surface area contributed by atoms with E-state index in [4.69, 9.17) is 11.6 Å². The number of aromatic nitrogens is 1. The number of hydrogen-bond donors (Lipinski definition) is 1. The summed E-state index contributed by atoms with van der Waals surface area (Å²) in [7, 11) is 0. The lowest BCUT2D eigenvalue weighted by atomic mass is 10.1. The van der Waals surface area contributed by atoms with Crippen molar-refractivity contribution in [2.24, 2.45) is 0 Å². The molecule has 0 radical (unpaired) electrons. The normalized spacial score (nSPS) is 11.5. The summed E-state index contributed by atoms with van der Waals surface area (Å²) < 4.78 is 38.0. The van der Waals surface area contributed by atoms with E-state index in [-0.39, 0.29) is 11.0 Å². The highest BCUT2D eigenvalue weighted by atomic mass is 35.5. The summed E-state index contributed by atoms with van der Waals surface area (Å²) in [6, 6.07) is 9.60. The number of aryl methyl sites for hydroxylation is 1. The van der Waals surface area contributed by atoms with E-state index < -0.39 is 11.7 Å². The van der Waals surface area contributed by atoms with E-state index in [9.17, 15) is 13.2 Å². The van der Waals surface area contributed by atoms with E-state index in [1.807, 2.05) is 24.3 Å². The van der Waals surface area contributed by atoms with Gasteiger partial charge in [-0.25, -0.2) is 4.98 Å². The highest BCUT2D eigenvalue weighted by Gasteiger charge is 2.31. The molecule has 0 spiro atoms. The van der Waals surface area contributed by atoms with Gasteiger partial charge in [0.1, 0.15) is 11.0 Å². The van der Waals surface area contributed by atoms with Crippen molar-refractivity contribution in [3.05, 3.63) is 58.2 Å². The summed E-state index contributed by atoms with van der Waals surface area (Å²) in [5, 5.41) is 2.67. The number of nitrogens with one attached hydrogen (secondary N) is 1. The molecule has 6 heteroatoms. The molecule has 1 aromatic heterocycles. The van der Waals surface area contributed by atoms with Gasteiger partial charge in [0.25, 0.3) is 0 Å². The van der Waals surface area contributed by atoms with Gasteiger partial charge in [0.15, 0.2) is 0 Å². The molecule has 2 rings (SSSR count). The predicted octanol–water partition coefficient (Wildman–Crippen LogP) is 4.93. The molecule has 1 N–H and O–H groups in total. The molecule has 0 saturated heterocycles. The molecule has 0 aliphatic carbocycles. The number of hydrogen-bond acceptors (Lipinski definition) is 2.